The minimum absolute atomic E-state index is 0.0598. The molecule has 2 aromatic carbocycles. The number of hydrogen-bond acceptors (Lipinski definition) is 13. The van der Waals surface area contributed by atoms with E-state index in [4.69, 9.17) is 33.2 Å². The van der Waals surface area contributed by atoms with Crippen LogP contribution in [0.3, 0.4) is 0 Å². The summed E-state index contributed by atoms with van der Waals surface area (Å²) in [5.41, 5.74) is 2.15. The number of cyclic esters (lactones) is 1. The van der Waals surface area contributed by atoms with Crippen molar-refractivity contribution in [3.05, 3.63) is 53.3 Å². The van der Waals surface area contributed by atoms with Crippen molar-refractivity contribution in [2.24, 2.45) is 11.8 Å². The molecule has 1 aromatic heterocycles. The smallest absolute Gasteiger partial charge is 0.310 e. The van der Waals surface area contributed by atoms with E-state index in [1.165, 1.54) is 14.2 Å². The van der Waals surface area contributed by atoms with Gasteiger partial charge in [0.1, 0.15) is 24.4 Å². The van der Waals surface area contributed by atoms with Gasteiger partial charge in [-0.15, -0.1) is 0 Å². The molecule has 4 aliphatic rings. The number of phenols is 1. The number of aliphatic hydroxyl groups is 2. The highest BCUT2D eigenvalue weighted by molar-refractivity contribution is 5.85. The van der Waals surface area contributed by atoms with Crippen molar-refractivity contribution < 1.29 is 53.3 Å². The van der Waals surface area contributed by atoms with Crippen LogP contribution in [0.25, 0.3) is 10.8 Å². The van der Waals surface area contributed by atoms with Crippen LogP contribution >= 0.6 is 0 Å². The Morgan fingerprint density at radius 1 is 0.907 bits per heavy atom. The number of benzene rings is 2. The zero-order chi connectivity index (χ0) is 30.0. The maximum absolute atomic E-state index is 13.4. The number of methoxy groups -OCH3 is 2. The molecule has 13 nitrogen and oxygen atoms in total. The molecule has 228 valence electrons. The number of phenolic OH excluding ortho intramolecular Hbond substituents is 1. The number of nitrogens with zero attached hydrogens (tertiary/aromatic N) is 2. The van der Waals surface area contributed by atoms with Crippen molar-refractivity contribution in [1.82, 2.24) is 10.2 Å². The van der Waals surface area contributed by atoms with Crippen LogP contribution in [-0.2, 0) is 28.5 Å². The summed E-state index contributed by atoms with van der Waals surface area (Å²) in [4.78, 5) is 13.4. The Bertz CT molecular complexity index is 1520. The Labute approximate surface area is 246 Å². The van der Waals surface area contributed by atoms with Crippen LogP contribution in [0.2, 0.25) is 0 Å². The lowest BCUT2D eigenvalue weighted by Gasteiger charge is -2.47. The van der Waals surface area contributed by atoms with Crippen molar-refractivity contribution in [1.29, 1.82) is 0 Å². The number of carbonyl (C=O) groups excluding carboxylic acids is 1. The fourth-order valence-corrected chi connectivity index (χ4v) is 6.85. The highest BCUT2D eigenvalue weighted by Crippen LogP contribution is 2.55. The number of hydrogen-bond donors (Lipinski definition) is 3. The first-order valence-electron chi connectivity index (χ1n) is 14.1. The van der Waals surface area contributed by atoms with Crippen molar-refractivity contribution in [3.63, 3.8) is 0 Å². The molecule has 3 saturated heterocycles. The molecule has 0 bridgehead atoms. The number of aromatic hydroxyl groups is 1. The number of carbonyl (C=O) groups is 1. The lowest BCUT2D eigenvalue weighted by molar-refractivity contribution is -0.364. The second-order valence-corrected chi connectivity index (χ2v) is 11.3. The normalized spacial score (nSPS) is 35.0. The van der Waals surface area contributed by atoms with Gasteiger partial charge in [0.05, 0.1) is 51.8 Å². The first kappa shape index (κ1) is 28.2. The van der Waals surface area contributed by atoms with E-state index in [1.807, 2.05) is 12.1 Å². The molecule has 13 heteroatoms. The van der Waals surface area contributed by atoms with Gasteiger partial charge < -0.3 is 48.5 Å². The van der Waals surface area contributed by atoms with Gasteiger partial charge in [0.25, 0.3) is 0 Å². The highest BCUT2D eigenvalue weighted by atomic mass is 16.8. The molecular weight excluding hydrogens is 564 g/mol. The van der Waals surface area contributed by atoms with Crippen molar-refractivity contribution >= 4 is 16.7 Å². The maximum atomic E-state index is 13.4. The zero-order valence-electron chi connectivity index (χ0n) is 23.7. The molecule has 3 aromatic rings. The van der Waals surface area contributed by atoms with Crippen LogP contribution < -0.4 is 9.47 Å². The van der Waals surface area contributed by atoms with E-state index in [2.05, 4.69) is 10.2 Å². The monoisotopic (exact) mass is 596 g/mol. The Kier molecular flexibility index (Phi) is 7.11. The molecule has 0 radical (unpaired) electrons. The molecule has 3 N–H and O–H groups in total. The third kappa shape index (κ3) is 4.58. The first-order valence-corrected chi connectivity index (χ1v) is 14.1. The van der Waals surface area contributed by atoms with E-state index >= 15 is 0 Å². The van der Waals surface area contributed by atoms with Gasteiger partial charge in [-0.05, 0) is 47.9 Å². The van der Waals surface area contributed by atoms with Crippen LogP contribution in [0.5, 0.6) is 17.2 Å². The molecule has 0 amide bonds. The van der Waals surface area contributed by atoms with E-state index in [9.17, 15) is 20.1 Å². The predicted octanol–water partition coefficient (Wildman–Crippen LogP) is 1.55. The minimum atomic E-state index is -1.43. The van der Waals surface area contributed by atoms with Crippen LogP contribution in [0.4, 0.5) is 0 Å². The Morgan fingerprint density at radius 2 is 1.58 bits per heavy atom. The quantitative estimate of drug-likeness (QED) is 0.363. The van der Waals surface area contributed by atoms with E-state index < -0.39 is 66.8 Å². The van der Waals surface area contributed by atoms with Crippen molar-refractivity contribution in [2.45, 2.75) is 55.9 Å². The van der Waals surface area contributed by atoms with Gasteiger partial charge in [0, 0.05) is 22.6 Å². The molecule has 3 aliphatic heterocycles. The van der Waals surface area contributed by atoms with Gasteiger partial charge >= 0.3 is 5.97 Å². The largest absolute Gasteiger partial charge is 0.502 e. The number of aliphatic hydroxyl groups excluding tert-OH is 2. The standard InChI is InChI=1S/C30H32N2O11/c1-12-39-11-21-28(41-12)25(34)26(35)30(42-21)43-27-17-5-15-9-32-31-8-14(15)4-16(17)22(23-18(27)10-40-29(23)36)13-6-19(37-2)24(33)20(7-13)38-3/h4-9,12,18,21-23,25-28,30,33-35H,10-11H2,1-3H3/t12-,18+,21-,22-,23+,25-,26-,27-,28-,30+/m1/s1. The van der Waals surface area contributed by atoms with Crippen LogP contribution in [-0.4, -0.2) is 95.9 Å². The maximum Gasteiger partial charge on any atom is 0.310 e. The second-order valence-electron chi connectivity index (χ2n) is 11.3. The fraction of sp³-hybridized carbons (Fsp3) is 0.500. The summed E-state index contributed by atoms with van der Waals surface area (Å²) in [6.07, 6.45) is -3.47. The topological polar surface area (TPSA) is 168 Å². The van der Waals surface area contributed by atoms with Gasteiger partial charge in [-0.25, -0.2) is 0 Å². The summed E-state index contributed by atoms with van der Waals surface area (Å²) in [6, 6.07) is 7.22. The summed E-state index contributed by atoms with van der Waals surface area (Å²) >= 11 is 0. The molecule has 7 rings (SSSR count). The average molecular weight is 597 g/mol. The van der Waals surface area contributed by atoms with E-state index in [1.54, 1.807) is 31.5 Å². The Morgan fingerprint density at radius 3 is 2.26 bits per heavy atom. The van der Waals surface area contributed by atoms with Crippen LogP contribution in [0.15, 0.2) is 36.7 Å². The van der Waals surface area contributed by atoms with Gasteiger partial charge in [-0.1, -0.05) is 0 Å². The summed E-state index contributed by atoms with van der Waals surface area (Å²) < 4.78 is 40.3. The summed E-state index contributed by atoms with van der Waals surface area (Å²) in [5, 5.41) is 42.3. The molecule has 43 heavy (non-hydrogen) atoms. The van der Waals surface area contributed by atoms with E-state index in [-0.39, 0.29) is 30.5 Å². The summed E-state index contributed by atoms with van der Waals surface area (Å²) in [5.74, 6) is -1.92. The SMILES string of the molecule is COc1cc([C@@H]2c3cc4cnncc4cc3[C@@H](O[C@@H]3O[C@@H]4CO[C@@H](C)O[C@H]4[C@H](O)[C@H]3O)[C@H]3COC(=O)[C@H]23)cc(OC)c1O. The van der Waals surface area contributed by atoms with Crippen molar-refractivity contribution in [3.8, 4) is 17.2 Å². The molecule has 0 spiro atoms. The lowest BCUT2D eigenvalue weighted by atomic mass is 9.66. The van der Waals surface area contributed by atoms with Gasteiger partial charge in [0.15, 0.2) is 24.1 Å². The number of ether oxygens (including phenoxy) is 7. The molecular formula is C30H32N2O11. The van der Waals surface area contributed by atoms with Crippen molar-refractivity contribution in [2.75, 3.05) is 27.4 Å². The third-order valence-corrected chi connectivity index (χ3v) is 8.92. The molecule has 3 fully saturated rings. The van der Waals surface area contributed by atoms with E-state index in [0.29, 0.717) is 5.56 Å². The zero-order valence-corrected chi connectivity index (χ0v) is 23.7. The number of esters is 1. The van der Waals surface area contributed by atoms with Gasteiger partial charge in [-0.3, -0.25) is 4.79 Å². The Hall–Kier alpha value is -3.59. The number of fused-ring (bicyclic) bond motifs is 4. The average Bonchev–Trinajstić information content (AvgIpc) is 3.40. The summed E-state index contributed by atoms with van der Waals surface area (Å²) in [6.45, 7) is 1.92. The predicted molar refractivity (Wildman–Crippen MR) is 145 cm³/mol. The third-order valence-electron chi connectivity index (χ3n) is 8.92. The Balaban J connectivity index is 1.35. The van der Waals surface area contributed by atoms with E-state index in [0.717, 1.165) is 21.9 Å². The van der Waals surface area contributed by atoms with Crippen LogP contribution in [0.1, 0.15) is 35.6 Å². The number of aromatic nitrogens is 2. The number of rotatable bonds is 5. The molecule has 0 saturated carbocycles. The van der Waals surface area contributed by atoms with Gasteiger partial charge in [-0.2, -0.15) is 10.2 Å². The van der Waals surface area contributed by atoms with Gasteiger partial charge in [0.2, 0.25) is 5.75 Å². The first-order chi connectivity index (χ1) is 20.8. The molecule has 4 heterocycles. The summed E-state index contributed by atoms with van der Waals surface area (Å²) in [7, 11) is 2.88. The molecule has 0 unspecified atom stereocenters. The second kappa shape index (κ2) is 10.8. The lowest BCUT2D eigenvalue weighted by Crippen LogP contribution is -2.63. The molecule has 10 atom stereocenters. The highest BCUT2D eigenvalue weighted by Gasteiger charge is 2.55. The molecule has 1 aliphatic carbocycles. The fourth-order valence-electron chi connectivity index (χ4n) is 6.85. The van der Waals surface area contributed by atoms with Crippen LogP contribution in [0, 0.1) is 11.8 Å². The minimum Gasteiger partial charge on any atom is -0.502 e.